The Morgan fingerprint density at radius 3 is 2.33 bits per heavy atom. The van der Waals surface area contributed by atoms with Gasteiger partial charge >= 0.3 is 6.03 Å². The number of carbonyl (C=O) groups is 3. The summed E-state index contributed by atoms with van der Waals surface area (Å²) in [5, 5.41) is 2.86. The minimum atomic E-state index is -0.766. The molecule has 174 valence electrons. The molecule has 0 aromatic heterocycles. The van der Waals surface area contributed by atoms with E-state index in [2.05, 4.69) is 5.32 Å². The molecule has 1 saturated carbocycles. The lowest BCUT2D eigenvalue weighted by Crippen LogP contribution is -2.49. The molecular formula is C26H31N3O4. The van der Waals surface area contributed by atoms with Crippen LogP contribution in [0.4, 0.5) is 4.79 Å². The maximum absolute atomic E-state index is 13.1. The van der Waals surface area contributed by atoms with Crippen LogP contribution in [-0.4, -0.2) is 46.8 Å². The summed E-state index contributed by atoms with van der Waals surface area (Å²) in [6.45, 7) is 0.991. The van der Waals surface area contributed by atoms with Gasteiger partial charge < -0.3 is 15.0 Å². The second-order valence-electron chi connectivity index (χ2n) is 8.85. The van der Waals surface area contributed by atoms with E-state index >= 15 is 0 Å². The highest BCUT2D eigenvalue weighted by molar-refractivity contribution is 6.08. The van der Waals surface area contributed by atoms with Crippen molar-refractivity contribution in [3.8, 4) is 0 Å². The van der Waals surface area contributed by atoms with Crippen LogP contribution in [-0.2, 0) is 34.1 Å². The van der Waals surface area contributed by atoms with Gasteiger partial charge in [-0.2, -0.15) is 0 Å². The number of imide groups is 1. The Kier molecular flexibility index (Phi) is 7.08. The summed E-state index contributed by atoms with van der Waals surface area (Å²) < 4.78 is 5.85. The molecular weight excluding hydrogens is 418 g/mol. The van der Waals surface area contributed by atoms with Gasteiger partial charge in [-0.15, -0.1) is 0 Å². The molecule has 2 aromatic rings. The van der Waals surface area contributed by atoms with E-state index < -0.39 is 5.54 Å². The summed E-state index contributed by atoms with van der Waals surface area (Å²) in [5.41, 5.74) is 2.27. The number of hydrogen-bond acceptors (Lipinski definition) is 4. The molecule has 1 aliphatic carbocycles. The Balaban J connectivity index is 1.32. The predicted molar refractivity (Wildman–Crippen MR) is 124 cm³/mol. The van der Waals surface area contributed by atoms with E-state index in [1.165, 1.54) is 0 Å². The SMILES string of the molecule is CN1C(=O)N(CC(=O)NCc2ccccc2COCc2ccccc2)C(=O)C12CCCCC2. The van der Waals surface area contributed by atoms with Gasteiger partial charge in [-0.3, -0.25) is 14.5 Å². The van der Waals surface area contributed by atoms with Crippen molar-refractivity contribution in [2.45, 2.75) is 57.4 Å². The molecule has 0 radical (unpaired) electrons. The van der Waals surface area contributed by atoms with E-state index in [1.807, 2.05) is 54.6 Å². The number of urea groups is 1. The molecule has 7 nitrogen and oxygen atoms in total. The Morgan fingerprint density at radius 1 is 0.939 bits per heavy atom. The topological polar surface area (TPSA) is 79.0 Å². The summed E-state index contributed by atoms with van der Waals surface area (Å²) in [6.07, 6.45) is 4.26. The normalized spacial score (nSPS) is 17.6. The third-order valence-electron chi connectivity index (χ3n) is 6.75. The van der Waals surface area contributed by atoms with Crippen molar-refractivity contribution in [1.82, 2.24) is 15.1 Å². The van der Waals surface area contributed by atoms with Crippen LogP contribution in [0, 0.1) is 0 Å². The molecule has 2 fully saturated rings. The molecule has 0 bridgehead atoms. The number of ether oxygens (including phenoxy) is 1. The molecule has 33 heavy (non-hydrogen) atoms. The van der Waals surface area contributed by atoms with Crippen molar-refractivity contribution < 1.29 is 19.1 Å². The maximum atomic E-state index is 13.1. The lowest BCUT2D eigenvalue weighted by molar-refractivity contribution is -0.137. The Hall–Kier alpha value is -3.19. The third kappa shape index (κ3) is 4.93. The van der Waals surface area contributed by atoms with Crippen LogP contribution < -0.4 is 5.32 Å². The summed E-state index contributed by atoms with van der Waals surface area (Å²) >= 11 is 0. The zero-order valence-corrected chi connectivity index (χ0v) is 19.1. The van der Waals surface area contributed by atoms with Crippen LogP contribution in [0.2, 0.25) is 0 Å². The fraction of sp³-hybridized carbons (Fsp3) is 0.423. The van der Waals surface area contributed by atoms with E-state index in [9.17, 15) is 14.4 Å². The minimum Gasteiger partial charge on any atom is -0.372 e. The first-order valence-corrected chi connectivity index (χ1v) is 11.6. The third-order valence-corrected chi connectivity index (χ3v) is 6.75. The molecule has 0 unspecified atom stereocenters. The van der Waals surface area contributed by atoms with Gasteiger partial charge in [0.15, 0.2) is 0 Å². The number of rotatable bonds is 8. The smallest absolute Gasteiger partial charge is 0.327 e. The fourth-order valence-corrected chi connectivity index (χ4v) is 4.79. The molecule has 1 N–H and O–H groups in total. The average molecular weight is 450 g/mol. The zero-order chi connectivity index (χ0) is 23.3. The Labute approximate surface area is 194 Å². The number of hydrogen-bond donors (Lipinski definition) is 1. The molecule has 1 saturated heterocycles. The van der Waals surface area contributed by atoms with Gasteiger partial charge in [-0.05, 0) is 29.5 Å². The first kappa shape index (κ1) is 23.0. The number of amides is 4. The van der Waals surface area contributed by atoms with Gasteiger partial charge in [0.25, 0.3) is 5.91 Å². The zero-order valence-electron chi connectivity index (χ0n) is 19.1. The predicted octanol–water partition coefficient (Wildman–Crippen LogP) is 3.62. The van der Waals surface area contributed by atoms with Crippen molar-refractivity contribution in [3.63, 3.8) is 0 Å². The summed E-state index contributed by atoms with van der Waals surface area (Å²) in [4.78, 5) is 41.1. The first-order chi connectivity index (χ1) is 16.0. The van der Waals surface area contributed by atoms with Gasteiger partial charge in [0.2, 0.25) is 5.91 Å². The van der Waals surface area contributed by atoms with Crippen LogP contribution in [0.1, 0.15) is 48.8 Å². The van der Waals surface area contributed by atoms with Crippen LogP contribution in [0.25, 0.3) is 0 Å². The van der Waals surface area contributed by atoms with Crippen LogP contribution in [0.3, 0.4) is 0 Å². The lowest BCUT2D eigenvalue weighted by Gasteiger charge is -2.35. The number of likely N-dealkylation sites (N-methyl/N-ethyl adjacent to an activating group) is 1. The number of nitrogens with zero attached hydrogens (tertiary/aromatic N) is 2. The number of benzene rings is 2. The van der Waals surface area contributed by atoms with Crippen molar-refractivity contribution in [2.24, 2.45) is 0 Å². The number of carbonyl (C=O) groups excluding carboxylic acids is 3. The lowest BCUT2D eigenvalue weighted by atomic mass is 9.81. The van der Waals surface area contributed by atoms with E-state index in [-0.39, 0.29) is 24.4 Å². The van der Waals surface area contributed by atoms with Crippen molar-refractivity contribution >= 4 is 17.8 Å². The average Bonchev–Trinajstić information content (AvgIpc) is 3.01. The molecule has 1 spiro atoms. The van der Waals surface area contributed by atoms with E-state index in [1.54, 1.807) is 11.9 Å². The summed E-state index contributed by atoms with van der Waals surface area (Å²) in [5.74, 6) is -0.586. The Bertz CT molecular complexity index is 1000. The first-order valence-electron chi connectivity index (χ1n) is 11.6. The van der Waals surface area contributed by atoms with E-state index in [0.717, 1.165) is 40.9 Å². The highest BCUT2D eigenvalue weighted by Crippen LogP contribution is 2.39. The van der Waals surface area contributed by atoms with Crippen LogP contribution in [0.15, 0.2) is 54.6 Å². The molecule has 7 heteroatoms. The molecule has 2 aromatic carbocycles. The molecule has 4 rings (SSSR count). The minimum absolute atomic E-state index is 0.237. The van der Waals surface area contributed by atoms with Gasteiger partial charge in [0.1, 0.15) is 12.1 Å². The molecule has 1 aliphatic heterocycles. The quantitative estimate of drug-likeness (QED) is 0.625. The standard InChI is InChI=1S/C26H31N3O4/c1-28-25(32)29(24(31)26(28)14-8-3-9-15-26)17-23(30)27-16-21-12-6-7-13-22(21)19-33-18-20-10-4-2-5-11-20/h2,4-7,10-13H,3,8-9,14-19H2,1H3,(H,27,30). The second-order valence-corrected chi connectivity index (χ2v) is 8.85. The van der Waals surface area contributed by atoms with Gasteiger partial charge in [0, 0.05) is 13.6 Å². The molecule has 2 aliphatic rings. The Morgan fingerprint density at radius 2 is 1.61 bits per heavy atom. The monoisotopic (exact) mass is 449 g/mol. The second kappa shape index (κ2) is 10.2. The maximum Gasteiger partial charge on any atom is 0.327 e. The number of nitrogens with one attached hydrogen (secondary N) is 1. The van der Waals surface area contributed by atoms with Gasteiger partial charge in [-0.25, -0.2) is 4.79 Å². The van der Waals surface area contributed by atoms with Gasteiger partial charge in [-0.1, -0.05) is 73.9 Å². The molecule has 0 atom stereocenters. The highest BCUT2D eigenvalue weighted by Gasteiger charge is 2.55. The van der Waals surface area contributed by atoms with Crippen LogP contribution in [0.5, 0.6) is 0 Å². The largest absolute Gasteiger partial charge is 0.372 e. The van der Waals surface area contributed by atoms with Crippen LogP contribution >= 0.6 is 0 Å². The summed E-state index contributed by atoms with van der Waals surface area (Å²) in [6, 6.07) is 17.3. The van der Waals surface area contributed by atoms with Gasteiger partial charge in [0.05, 0.1) is 13.2 Å². The van der Waals surface area contributed by atoms with Crippen molar-refractivity contribution in [1.29, 1.82) is 0 Å². The molecule has 1 heterocycles. The van der Waals surface area contributed by atoms with E-state index in [0.29, 0.717) is 32.6 Å². The van der Waals surface area contributed by atoms with Crippen molar-refractivity contribution in [2.75, 3.05) is 13.6 Å². The van der Waals surface area contributed by atoms with Crippen molar-refractivity contribution in [3.05, 3.63) is 71.3 Å². The fourth-order valence-electron chi connectivity index (χ4n) is 4.79. The highest BCUT2D eigenvalue weighted by atomic mass is 16.5. The molecule has 4 amide bonds. The summed E-state index contributed by atoms with van der Waals surface area (Å²) in [7, 11) is 1.68. The van der Waals surface area contributed by atoms with E-state index in [4.69, 9.17) is 4.74 Å².